The summed E-state index contributed by atoms with van der Waals surface area (Å²) in [6, 6.07) is -0.542. The van der Waals surface area contributed by atoms with E-state index >= 15 is 0 Å². The molecule has 0 radical (unpaired) electrons. The molecule has 3 N–H and O–H groups in total. The summed E-state index contributed by atoms with van der Waals surface area (Å²) < 4.78 is 5.51. The number of aliphatic hydroxyl groups is 2. The van der Waals surface area contributed by atoms with Gasteiger partial charge in [-0.15, -0.1) is 0 Å². The lowest BCUT2D eigenvalue weighted by Crippen LogP contribution is -2.45. The number of esters is 1. The molecule has 0 aliphatic heterocycles. The van der Waals surface area contributed by atoms with Gasteiger partial charge in [-0.25, -0.2) is 0 Å². The fourth-order valence-electron chi connectivity index (χ4n) is 12.4. The second-order valence-electron chi connectivity index (χ2n) is 26.7. The van der Waals surface area contributed by atoms with E-state index in [9.17, 15) is 19.8 Å². The summed E-state index contributed by atoms with van der Waals surface area (Å²) >= 11 is 0. The van der Waals surface area contributed by atoms with Crippen molar-refractivity contribution in [2.24, 2.45) is 0 Å². The summed E-state index contributed by atoms with van der Waals surface area (Å²) in [5, 5.41) is 23.5. The number of hydrogen-bond donors (Lipinski definition) is 3. The maximum Gasteiger partial charge on any atom is 0.305 e. The summed E-state index contributed by atoms with van der Waals surface area (Å²) in [5.74, 6) is -0.0153. The Morgan fingerprint density at radius 2 is 0.595 bits per heavy atom. The molecule has 0 saturated heterocycles. The van der Waals surface area contributed by atoms with Crippen LogP contribution in [0.3, 0.4) is 0 Å². The van der Waals surface area contributed by atoms with Gasteiger partial charge in [-0.05, 0) is 57.8 Å². The number of aliphatic hydroxyl groups excluding tert-OH is 2. The maximum atomic E-state index is 12.6. The summed E-state index contributed by atoms with van der Waals surface area (Å²) in [5.41, 5.74) is 0. The highest BCUT2D eigenvalue weighted by Gasteiger charge is 2.20. The van der Waals surface area contributed by atoms with E-state index in [-0.39, 0.29) is 18.5 Å². The molecular formula is C78H151NO5. The van der Waals surface area contributed by atoms with Gasteiger partial charge in [0.1, 0.15) is 0 Å². The molecule has 0 aliphatic carbocycles. The molecule has 6 heteroatoms. The molecule has 0 heterocycles. The van der Waals surface area contributed by atoms with Crippen LogP contribution >= 0.6 is 0 Å². The zero-order valence-corrected chi connectivity index (χ0v) is 57.2. The standard InChI is InChI=1S/C78H151NO5/c1-3-5-7-9-11-13-15-17-19-21-23-24-25-28-31-35-38-42-46-50-54-58-62-66-70-76(81)75(74-80)79-77(82)71-67-63-59-55-51-47-43-39-36-32-29-26-27-30-33-37-41-45-49-53-57-61-65-69-73-84-78(83)72-68-64-60-56-52-48-44-40-34-22-20-18-16-14-12-10-8-6-4-2/h12,14,18,20,75-76,80-81H,3-11,13,15-17,19,21-74H2,1-2H3,(H,79,82)/b14-12-,20-18-. The fraction of sp³-hybridized carbons (Fsp3) is 0.923. The van der Waals surface area contributed by atoms with E-state index in [0.29, 0.717) is 25.9 Å². The van der Waals surface area contributed by atoms with Crippen molar-refractivity contribution in [3.05, 3.63) is 24.3 Å². The molecule has 0 bridgehead atoms. The van der Waals surface area contributed by atoms with Crippen LogP contribution in [0.15, 0.2) is 24.3 Å². The van der Waals surface area contributed by atoms with Gasteiger partial charge in [0.15, 0.2) is 0 Å². The second kappa shape index (κ2) is 73.8. The van der Waals surface area contributed by atoms with E-state index in [0.717, 1.165) is 51.4 Å². The number of carbonyl (C=O) groups excluding carboxylic acids is 2. The topological polar surface area (TPSA) is 95.9 Å². The highest BCUT2D eigenvalue weighted by atomic mass is 16.5. The van der Waals surface area contributed by atoms with Crippen molar-refractivity contribution in [2.75, 3.05) is 13.2 Å². The van der Waals surface area contributed by atoms with Crippen LogP contribution in [-0.2, 0) is 14.3 Å². The third-order valence-electron chi connectivity index (χ3n) is 18.3. The Bertz CT molecular complexity index is 1320. The van der Waals surface area contributed by atoms with Gasteiger partial charge in [-0.1, -0.05) is 391 Å². The predicted octanol–water partition coefficient (Wildman–Crippen LogP) is 25.3. The lowest BCUT2D eigenvalue weighted by molar-refractivity contribution is -0.143. The smallest absolute Gasteiger partial charge is 0.305 e. The van der Waals surface area contributed by atoms with Crippen molar-refractivity contribution in [3.8, 4) is 0 Å². The minimum Gasteiger partial charge on any atom is -0.466 e. The Labute approximate surface area is 526 Å². The molecule has 0 aromatic heterocycles. The lowest BCUT2D eigenvalue weighted by atomic mass is 10.0. The highest BCUT2D eigenvalue weighted by molar-refractivity contribution is 5.76. The lowest BCUT2D eigenvalue weighted by Gasteiger charge is -2.22. The van der Waals surface area contributed by atoms with Crippen LogP contribution in [0.25, 0.3) is 0 Å². The molecule has 0 spiro atoms. The Morgan fingerprint density at radius 3 is 0.929 bits per heavy atom. The third-order valence-corrected chi connectivity index (χ3v) is 18.3. The van der Waals surface area contributed by atoms with E-state index in [2.05, 4.69) is 43.5 Å². The molecule has 0 fully saturated rings. The van der Waals surface area contributed by atoms with Gasteiger partial charge in [0.2, 0.25) is 5.91 Å². The van der Waals surface area contributed by atoms with Crippen molar-refractivity contribution in [2.45, 2.75) is 450 Å². The van der Waals surface area contributed by atoms with Gasteiger partial charge in [0.05, 0.1) is 25.4 Å². The number of hydrogen-bond acceptors (Lipinski definition) is 5. The van der Waals surface area contributed by atoms with Gasteiger partial charge in [-0.3, -0.25) is 9.59 Å². The minimum absolute atomic E-state index is 0.0130. The average Bonchev–Trinajstić information content (AvgIpc) is 3.51. The molecular weight excluding hydrogens is 1030 g/mol. The van der Waals surface area contributed by atoms with Crippen LogP contribution in [0.1, 0.15) is 438 Å². The molecule has 84 heavy (non-hydrogen) atoms. The number of rotatable bonds is 73. The Hall–Kier alpha value is -1.66. The second-order valence-corrected chi connectivity index (χ2v) is 26.7. The van der Waals surface area contributed by atoms with E-state index < -0.39 is 12.1 Å². The van der Waals surface area contributed by atoms with Crippen LogP contribution in [0.5, 0.6) is 0 Å². The van der Waals surface area contributed by atoms with Gasteiger partial charge >= 0.3 is 5.97 Å². The molecule has 0 aromatic carbocycles. The number of ether oxygens (including phenoxy) is 1. The van der Waals surface area contributed by atoms with E-state index in [1.165, 1.54) is 353 Å². The Kier molecular flexibility index (Phi) is 72.3. The van der Waals surface area contributed by atoms with E-state index in [4.69, 9.17) is 4.74 Å². The zero-order valence-electron chi connectivity index (χ0n) is 57.2. The maximum absolute atomic E-state index is 12.6. The quantitative estimate of drug-likeness (QED) is 0.0320. The van der Waals surface area contributed by atoms with Crippen molar-refractivity contribution < 1.29 is 24.5 Å². The molecule has 2 atom stereocenters. The van der Waals surface area contributed by atoms with Crippen molar-refractivity contribution in [1.29, 1.82) is 0 Å². The van der Waals surface area contributed by atoms with Gasteiger partial charge < -0.3 is 20.3 Å². The molecule has 498 valence electrons. The van der Waals surface area contributed by atoms with Crippen LogP contribution in [-0.4, -0.2) is 47.4 Å². The summed E-state index contributed by atoms with van der Waals surface area (Å²) in [6.45, 7) is 4.98. The molecule has 6 nitrogen and oxygen atoms in total. The third kappa shape index (κ3) is 69.4. The van der Waals surface area contributed by atoms with Crippen molar-refractivity contribution in [1.82, 2.24) is 5.32 Å². The first-order chi connectivity index (χ1) is 41.5. The minimum atomic E-state index is -0.665. The first-order valence-electron chi connectivity index (χ1n) is 38.6. The largest absolute Gasteiger partial charge is 0.466 e. The Morgan fingerprint density at radius 1 is 0.333 bits per heavy atom. The summed E-state index contributed by atoms with van der Waals surface area (Å²) in [4.78, 5) is 24.7. The van der Waals surface area contributed by atoms with E-state index in [1.807, 2.05) is 0 Å². The van der Waals surface area contributed by atoms with Crippen LogP contribution in [0.4, 0.5) is 0 Å². The summed E-state index contributed by atoms with van der Waals surface area (Å²) in [7, 11) is 0. The predicted molar refractivity (Wildman–Crippen MR) is 370 cm³/mol. The van der Waals surface area contributed by atoms with Crippen molar-refractivity contribution in [3.63, 3.8) is 0 Å². The normalized spacial score (nSPS) is 12.6. The van der Waals surface area contributed by atoms with Crippen LogP contribution < -0.4 is 5.32 Å². The SMILES string of the molecule is CCCCC/C=C\C/C=C\CCCCCCCCCCCC(=O)OCCCCCCCCCCCCCCCCCCCCCCCCCCC(=O)NC(CO)C(O)CCCCCCCCCCCCCCCCCCCCCCCCCC. The number of allylic oxidation sites excluding steroid dienone is 4. The highest BCUT2D eigenvalue weighted by Crippen LogP contribution is 2.20. The first-order valence-corrected chi connectivity index (χ1v) is 38.6. The average molecular weight is 1180 g/mol. The molecule has 0 aliphatic rings. The van der Waals surface area contributed by atoms with E-state index in [1.54, 1.807) is 0 Å². The van der Waals surface area contributed by atoms with Gasteiger partial charge in [0, 0.05) is 12.8 Å². The summed E-state index contributed by atoms with van der Waals surface area (Å²) in [6.07, 6.45) is 93.9. The monoisotopic (exact) mass is 1180 g/mol. The molecule has 1 amide bonds. The number of unbranched alkanes of at least 4 members (excludes halogenated alkanes) is 58. The van der Waals surface area contributed by atoms with Crippen LogP contribution in [0, 0.1) is 0 Å². The number of carbonyl (C=O) groups is 2. The number of nitrogens with one attached hydrogen (secondary N) is 1. The molecule has 0 aromatic rings. The van der Waals surface area contributed by atoms with Crippen LogP contribution in [0.2, 0.25) is 0 Å². The molecule has 0 saturated carbocycles. The molecule has 2 unspecified atom stereocenters. The van der Waals surface area contributed by atoms with Gasteiger partial charge in [0.25, 0.3) is 0 Å². The zero-order chi connectivity index (χ0) is 60.6. The first kappa shape index (κ1) is 82.3. The number of amides is 1. The Balaban J connectivity index is 3.36. The van der Waals surface area contributed by atoms with Gasteiger partial charge in [-0.2, -0.15) is 0 Å². The van der Waals surface area contributed by atoms with Crippen molar-refractivity contribution >= 4 is 11.9 Å². The fourth-order valence-corrected chi connectivity index (χ4v) is 12.4. The molecule has 0 rings (SSSR count).